The molecule has 5 rings (SSSR count). The highest BCUT2D eigenvalue weighted by Gasteiger charge is 2.53. The molecule has 2 bridgehead atoms. The summed E-state index contributed by atoms with van der Waals surface area (Å²) in [5.74, 6) is 1.81. The largest absolute Gasteiger partial charge is 0.299 e. The molecule has 1 aliphatic heterocycles. The number of likely N-dealkylation sites (tertiary alicyclic amines) is 1. The molecule has 0 N–H and O–H groups in total. The molecular weight excluding hydrogens is 292 g/mol. The molecule has 1 aromatic rings. The predicted molar refractivity (Wildman–Crippen MR) is 95.8 cm³/mol. The number of hydrogen-bond donors (Lipinski definition) is 0. The molecule has 0 radical (unpaired) electrons. The molecule has 3 atom stereocenters. The highest BCUT2D eigenvalue weighted by molar-refractivity contribution is 5.46. The third kappa shape index (κ3) is 2.10. The third-order valence-electron chi connectivity index (χ3n) is 7.80. The Kier molecular flexibility index (Phi) is 3.49. The van der Waals surface area contributed by atoms with Crippen LogP contribution in [0.1, 0.15) is 68.1 Å². The molecular formula is C22H28N2. The quantitative estimate of drug-likeness (QED) is 0.806. The Labute approximate surface area is 145 Å². The molecule has 3 aliphatic carbocycles. The van der Waals surface area contributed by atoms with Crippen LogP contribution in [0.25, 0.3) is 0 Å². The maximum Gasteiger partial charge on any atom is 0.0991 e. The molecule has 24 heavy (non-hydrogen) atoms. The van der Waals surface area contributed by atoms with Gasteiger partial charge in [-0.05, 0) is 80.2 Å². The van der Waals surface area contributed by atoms with E-state index >= 15 is 0 Å². The molecule has 0 aromatic heterocycles. The van der Waals surface area contributed by atoms with Crippen LogP contribution in [0.15, 0.2) is 18.2 Å². The van der Waals surface area contributed by atoms with Crippen LogP contribution in [-0.4, -0.2) is 24.0 Å². The van der Waals surface area contributed by atoms with Gasteiger partial charge >= 0.3 is 0 Å². The fraction of sp³-hybridized carbons (Fsp3) is 0.682. The number of benzene rings is 1. The molecule has 2 nitrogen and oxygen atoms in total. The lowest BCUT2D eigenvalue weighted by Crippen LogP contribution is -2.61. The highest BCUT2D eigenvalue weighted by atomic mass is 15.2. The van der Waals surface area contributed by atoms with Crippen molar-refractivity contribution in [3.63, 3.8) is 0 Å². The van der Waals surface area contributed by atoms with Crippen LogP contribution in [0, 0.1) is 23.2 Å². The van der Waals surface area contributed by atoms with Crippen molar-refractivity contribution in [2.24, 2.45) is 11.8 Å². The summed E-state index contributed by atoms with van der Waals surface area (Å²) in [7, 11) is 0. The van der Waals surface area contributed by atoms with E-state index in [2.05, 4.69) is 23.1 Å². The third-order valence-corrected chi connectivity index (χ3v) is 7.80. The number of nitriles is 1. The SMILES string of the molecule is N#Cc1ccc2c(c1)[C@@]13CCCC[C@H]1[C@H](C2)N(CC1CCC1)CC3. The minimum absolute atomic E-state index is 0.388. The molecule has 2 heteroatoms. The fourth-order valence-corrected chi connectivity index (χ4v) is 6.39. The summed E-state index contributed by atoms with van der Waals surface area (Å²) in [6.45, 7) is 2.64. The molecule has 1 aromatic carbocycles. The molecule has 0 spiro atoms. The van der Waals surface area contributed by atoms with E-state index in [0.717, 1.165) is 23.4 Å². The molecule has 0 unspecified atom stereocenters. The molecule has 1 saturated heterocycles. The number of fused-ring (bicyclic) bond motifs is 1. The van der Waals surface area contributed by atoms with E-state index in [1.165, 1.54) is 70.9 Å². The van der Waals surface area contributed by atoms with Gasteiger partial charge in [-0.15, -0.1) is 0 Å². The maximum absolute atomic E-state index is 9.37. The molecule has 0 amide bonds. The van der Waals surface area contributed by atoms with Crippen molar-refractivity contribution in [2.75, 3.05) is 13.1 Å². The van der Waals surface area contributed by atoms with Crippen LogP contribution in [0.3, 0.4) is 0 Å². The van der Waals surface area contributed by atoms with Gasteiger partial charge in [-0.2, -0.15) is 5.26 Å². The fourth-order valence-electron chi connectivity index (χ4n) is 6.39. The second kappa shape index (κ2) is 5.60. The Hall–Kier alpha value is -1.33. The predicted octanol–water partition coefficient (Wildman–Crippen LogP) is 4.42. The van der Waals surface area contributed by atoms with Gasteiger partial charge < -0.3 is 0 Å². The summed E-state index contributed by atoms with van der Waals surface area (Å²) in [4.78, 5) is 2.87. The van der Waals surface area contributed by atoms with Crippen molar-refractivity contribution in [3.8, 4) is 6.07 Å². The topological polar surface area (TPSA) is 27.0 Å². The molecule has 2 saturated carbocycles. The van der Waals surface area contributed by atoms with Gasteiger partial charge in [-0.3, -0.25) is 4.90 Å². The van der Waals surface area contributed by atoms with Crippen molar-refractivity contribution in [1.82, 2.24) is 4.90 Å². The van der Waals surface area contributed by atoms with Crippen molar-refractivity contribution in [2.45, 2.75) is 69.2 Å². The molecule has 4 aliphatic rings. The molecule has 126 valence electrons. The first-order chi connectivity index (χ1) is 11.8. The van der Waals surface area contributed by atoms with E-state index in [-0.39, 0.29) is 0 Å². The second-order valence-corrected chi connectivity index (χ2v) is 8.81. The van der Waals surface area contributed by atoms with Gasteiger partial charge in [0.05, 0.1) is 11.6 Å². The van der Waals surface area contributed by atoms with Gasteiger partial charge in [0.1, 0.15) is 0 Å². The Morgan fingerprint density at radius 3 is 2.83 bits per heavy atom. The van der Waals surface area contributed by atoms with Gasteiger partial charge in [0.2, 0.25) is 0 Å². The maximum atomic E-state index is 9.37. The molecule has 3 fully saturated rings. The Morgan fingerprint density at radius 2 is 2.04 bits per heavy atom. The van der Waals surface area contributed by atoms with E-state index in [9.17, 15) is 5.26 Å². The minimum atomic E-state index is 0.388. The summed E-state index contributed by atoms with van der Waals surface area (Å²) in [6, 6.07) is 9.73. The summed E-state index contributed by atoms with van der Waals surface area (Å²) >= 11 is 0. The van der Waals surface area contributed by atoms with Crippen LogP contribution in [0.4, 0.5) is 0 Å². The average Bonchev–Trinajstić information content (AvgIpc) is 2.59. The smallest absolute Gasteiger partial charge is 0.0991 e. The van der Waals surface area contributed by atoms with Crippen molar-refractivity contribution >= 4 is 0 Å². The van der Waals surface area contributed by atoms with Crippen LogP contribution in [-0.2, 0) is 11.8 Å². The molecule has 1 heterocycles. The van der Waals surface area contributed by atoms with E-state index in [0.29, 0.717) is 5.41 Å². The number of piperidine rings is 1. The second-order valence-electron chi connectivity index (χ2n) is 8.81. The van der Waals surface area contributed by atoms with Crippen molar-refractivity contribution in [1.29, 1.82) is 5.26 Å². The van der Waals surface area contributed by atoms with Crippen LogP contribution < -0.4 is 0 Å². The standard InChI is InChI=1S/C22H28N2/c23-14-17-7-8-18-13-21-19-6-1-2-9-22(19,20(18)12-17)10-11-24(21)15-16-4-3-5-16/h7-8,12,16,19,21H,1-6,9-11,13,15H2/t19-,21-,22+/m0/s1. The highest BCUT2D eigenvalue weighted by Crippen LogP contribution is 2.56. The summed E-state index contributed by atoms with van der Waals surface area (Å²) in [5, 5.41) is 9.37. The van der Waals surface area contributed by atoms with Gasteiger partial charge in [0, 0.05) is 18.0 Å². The monoisotopic (exact) mass is 320 g/mol. The summed E-state index contributed by atoms with van der Waals surface area (Å²) in [6.07, 6.45) is 12.5. The Bertz CT molecular complexity index is 684. The summed E-state index contributed by atoms with van der Waals surface area (Å²) < 4.78 is 0. The van der Waals surface area contributed by atoms with Crippen LogP contribution in [0.5, 0.6) is 0 Å². The van der Waals surface area contributed by atoms with E-state index in [1.807, 2.05) is 6.07 Å². The van der Waals surface area contributed by atoms with Gasteiger partial charge in [0.15, 0.2) is 0 Å². The first-order valence-corrected chi connectivity index (χ1v) is 10.1. The minimum Gasteiger partial charge on any atom is -0.299 e. The van der Waals surface area contributed by atoms with Gasteiger partial charge in [-0.1, -0.05) is 25.3 Å². The van der Waals surface area contributed by atoms with E-state index in [4.69, 9.17) is 0 Å². The van der Waals surface area contributed by atoms with Gasteiger partial charge in [0.25, 0.3) is 0 Å². The Morgan fingerprint density at radius 1 is 1.12 bits per heavy atom. The lowest BCUT2D eigenvalue weighted by Gasteiger charge is -2.59. The van der Waals surface area contributed by atoms with E-state index < -0.39 is 0 Å². The first kappa shape index (κ1) is 15.0. The lowest BCUT2D eigenvalue weighted by molar-refractivity contribution is -0.0239. The van der Waals surface area contributed by atoms with E-state index in [1.54, 1.807) is 11.1 Å². The number of nitrogens with zero attached hydrogens (tertiary/aromatic N) is 2. The van der Waals surface area contributed by atoms with Gasteiger partial charge in [-0.25, -0.2) is 0 Å². The zero-order chi connectivity index (χ0) is 16.1. The zero-order valence-corrected chi connectivity index (χ0v) is 14.6. The Balaban J connectivity index is 1.54. The van der Waals surface area contributed by atoms with Crippen LogP contribution in [0.2, 0.25) is 0 Å². The number of hydrogen-bond acceptors (Lipinski definition) is 2. The number of rotatable bonds is 2. The zero-order valence-electron chi connectivity index (χ0n) is 14.6. The van der Waals surface area contributed by atoms with Crippen molar-refractivity contribution in [3.05, 3.63) is 34.9 Å². The average molecular weight is 320 g/mol. The normalized spacial score (nSPS) is 35.5. The lowest BCUT2D eigenvalue weighted by atomic mass is 9.52. The van der Waals surface area contributed by atoms with Crippen LogP contribution >= 0.6 is 0 Å². The summed E-state index contributed by atoms with van der Waals surface area (Å²) in [5.41, 5.74) is 4.36. The van der Waals surface area contributed by atoms with Crippen molar-refractivity contribution < 1.29 is 0 Å². The first-order valence-electron chi connectivity index (χ1n) is 10.1.